The third kappa shape index (κ3) is 2.27. The minimum absolute atomic E-state index is 0.184. The van der Waals surface area contributed by atoms with Gasteiger partial charge in [-0.25, -0.2) is 0 Å². The molecular formula is C16H22N2O. The molecule has 1 N–H and O–H groups in total. The monoisotopic (exact) mass is 258 g/mol. The number of carbonyl (C=O) groups is 1. The smallest absolute Gasteiger partial charge is 0.228 e. The molecule has 1 unspecified atom stereocenters. The SMILES string of the molecule is CCC1(CNC2CC(=O)N(C)c3ccccc32)CC1. The standard InChI is InChI=1S/C16H22N2O/c1-3-16(8-9-16)11-17-13-10-15(19)18(2)14-7-5-4-6-12(13)14/h4-7,13,17H,3,8-11H2,1-2H3. The number of fused-ring (bicyclic) bond motifs is 1. The van der Waals surface area contributed by atoms with Crippen LogP contribution in [0, 0.1) is 5.41 Å². The summed E-state index contributed by atoms with van der Waals surface area (Å²) >= 11 is 0. The van der Waals surface area contributed by atoms with Gasteiger partial charge in [0.2, 0.25) is 5.91 Å². The van der Waals surface area contributed by atoms with Crippen molar-refractivity contribution in [2.75, 3.05) is 18.5 Å². The summed E-state index contributed by atoms with van der Waals surface area (Å²) in [5.74, 6) is 0.206. The first kappa shape index (κ1) is 12.7. The van der Waals surface area contributed by atoms with E-state index < -0.39 is 0 Å². The number of nitrogens with zero attached hydrogens (tertiary/aromatic N) is 1. The average molecular weight is 258 g/mol. The first-order valence-corrected chi connectivity index (χ1v) is 7.24. The third-order valence-corrected chi connectivity index (χ3v) is 4.86. The van der Waals surface area contributed by atoms with Gasteiger partial charge in [-0.05, 0) is 36.3 Å². The summed E-state index contributed by atoms with van der Waals surface area (Å²) in [6.07, 6.45) is 4.48. The van der Waals surface area contributed by atoms with Gasteiger partial charge in [0.05, 0.1) is 0 Å². The van der Waals surface area contributed by atoms with Gasteiger partial charge in [-0.15, -0.1) is 0 Å². The maximum Gasteiger partial charge on any atom is 0.228 e. The molecule has 0 spiro atoms. The topological polar surface area (TPSA) is 32.3 Å². The third-order valence-electron chi connectivity index (χ3n) is 4.86. The van der Waals surface area contributed by atoms with E-state index in [2.05, 4.69) is 24.4 Å². The molecule has 3 rings (SSSR count). The Morgan fingerprint density at radius 2 is 2.11 bits per heavy atom. The number of para-hydroxylation sites is 1. The first-order chi connectivity index (χ1) is 9.15. The zero-order valence-electron chi connectivity index (χ0n) is 11.8. The van der Waals surface area contributed by atoms with Gasteiger partial charge in [-0.1, -0.05) is 25.1 Å². The highest BCUT2D eigenvalue weighted by molar-refractivity contribution is 5.96. The number of benzene rings is 1. The molecule has 3 nitrogen and oxygen atoms in total. The van der Waals surface area contributed by atoms with Crippen LogP contribution in [-0.4, -0.2) is 19.5 Å². The Bertz CT molecular complexity index is 493. The van der Waals surface area contributed by atoms with Crippen molar-refractivity contribution in [1.82, 2.24) is 5.32 Å². The molecule has 0 radical (unpaired) electrons. The van der Waals surface area contributed by atoms with Crippen molar-refractivity contribution >= 4 is 11.6 Å². The van der Waals surface area contributed by atoms with Crippen LogP contribution in [0.4, 0.5) is 5.69 Å². The van der Waals surface area contributed by atoms with Crippen LogP contribution in [-0.2, 0) is 4.79 Å². The van der Waals surface area contributed by atoms with Gasteiger partial charge in [0.15, 0.2) is 0 Å². The Balaban J connectivity index is 1.78. The highest BCUT2D eigenvalue weighted by Gasteiger charge is 2.41. The molecule has 0 bridgehead atoms. The van der Waals surface area contributed by atoms with Crippen molar-refractivity contribution in [3.63, 3.8) is 0 Å². The van der Waals surface area contributed by atoms with Gasteiger partial charge in [-0.2, -0.15) is 0 Å². The van der Waals surface area contributed by atoms with E-state index in [0.29, 0.717) is 11.8 Å². The normalized spacial score (nSPS) is 24.2. The van der Waals surface area contributed by atoms with Crippen molar-refractivity contribution in [1.29, 1.82) is 0 Å². The van der Waals surface area contributed by atoms with E-state index in [1.165, 1.54) is 24.8 Å². The second kappa shape index (κ2) is 4.64. The molecule has 0 saturated heterocycles. The number of anilines is 1. The van der Waals surface area contributed by atoms with E-state index in [-0.39, 0.29) is 11.9 Å². The Hall–Kier alpha value is -1.35. The molecule has 1 aliphatic carbocycles. The van der Waals surface area contributed by atoms with Crippen molar-refractivity contribution in [3.05, 3.63) is 29.8 Å². The molecule has 102 valence electrons. The van der Waals surface area contributed by atoms with Crippen molar-refractivity contribution < 1.29 is 4.79 Å². The summed E-state index contributed by atoms with van der Waals surface area (Å²) in [6.45, 7) is 3.31. The van der Waals surface area contributed by atoms with Gasteiger partial charge in [-0.3, -0.25) is 4.79 Å². The molecule has 1 aromatic carbocycles. The predicted molar refractivity (Wildman–Crippen MR) is 77.2 cm³/mol. The van der Waals surface area contributed by atoms with Gasteiger partial charge in [0, 0.05) is 31.7 Å². The van der Waals surface area contributed by atoms with Crippen LogP contribution in [0.5, 0.6) is 0 Å². The second-order valence-corrected chi connectivity index (χ2v) is 6.00. The number of nitrogens with one attached hydrogen (secondary N) is 1. The van der Waals surface area contributed by atoms with Gasteiger partial charge >= 0.3 is 0 Å². The highest BCUT2D eigenvalue weighted by atomic mass is 16.2. The lowest BCUT2D eigenvalue weighted by Crippen LogP contribution is -2.39. The molecule has 19 heavy (non-hydrogen) atoms. The molecule has 1 heterocycles. The maximum atomic E-state index is 12.1. The van der Waals surface area contributed by atoms with Gasteiger partial charge in [0.25, 0.3) is 0 Å². The lowest BCUT2D eigenvalue weighted by atomic mass is 9.95. The van der Waals surface area contributed by atoms with Crippen molar-refractivity contribution in [3.8, 4) is 0 Å². The second-order valence-electron chi connectivity index (χ2n) is 6.00. The number of rotatable bonds is 4. The molecule has 1 saturated carbocycles. The van der Waals surface area contributed by atoms with E-state index in [9.17, 15) is 4.79 Å². The largest absolute Gasteiger partial charge is 0.315 e. The lowest BCUT2D eigenvalue weighted by Gasteiger charge is -2.33. The zero-order chi connectivity index (χ0) is 13.5. The minimum Gasteiger partial charge on any atom is -0.315 e. The van der Waals surface area contributed by atoms with Crippen LogP contribution in [0.25, 0.3) is 0 Å². The molecular weight excluding hydrogens is 236 g/mol. The molecule has 1 aromatic rings. The molecule has 3 heteroatoms. The summed E-state index contributed by atoms with van der Waals surface area (Å²) in [7, 11) is 1.87. The van der Waals surface area contributed by atoms with E-state index in [1.54, 1.807) is 4.90 Å². The Morgan fingerprint density at radius 3 is 2.79 bits per heavy atom. The molecule has 0 aromatic heterocycles. The molecule has 1 atom stereocenters. The Kier molecular flexibility index (Phi) is 3.09. The predicted octanol–water partition coefficient (Wildman–Crippen LogP) is 2.87. The summed E-state index contributed by atoms with van der Waals surface area (Å²) in [5.41, 5.74) is 2.83. The summed E-state index contributed by atoms with van der Waals surface area (Å²) in [6, 6.07) is 8.42. The van der Waals surface area contributed by atoms with Crippen molar-refractivity contribution in [2.45, 2.75) is 38.6 Å². The van der Waals surface area contributed by atoms with Gasteiger partial charge in [0.1, 0.15) is 0 Å². The fourth-order valence-electron chi connectivity index (χ4n) is 3.00. The molecule has 1 amide bonds. The summed E-state index contributed by atoms with van der Waals surface area (Å²) in [4.78, 5) is 13.8. The fraction of sp³-hybridized carbons (Fsp3) is 0.562. The number of carbonyl (C=O) groups excluding carboxylic acids is 1. The highest BCUT2D eigenvalue weighted by Crippen LogP contribution is 2.48. The van der Waals surface area contributed by atoms with Crippen LogP contribution < -0.4 is 10.2 Å². The van der Waals surface area contributed by atoms with E-state index in [0.717, 1.165) is 12.2 Å². The quantitative estimate of drug-likeness (QED) is 0.900. The van der Waals surface area contributed by atoms with E-state index >= 15 is 0 Å². The maximum absolute atomic E-state index is 12.1. The number of hydrogen-bond acceptors (Lipinski definition) is 2. The van der Waals surface area contributed by atoms with Crippen LogP contribution in [0.15, 0.2) is 24.3 Å². The van der Waals surface area contributed by atoms with Crippen LogP contribution in [0.2, 0.25) is 0 Å². The molecule has 1 fully saturated rings. The number of hydrogen-bond donors (Lipinski definition) is 1. The molecule has 2 aliphatic rings. The number of amides is 1. The zero-order valence-corrected chi connectivity index (χ0v) is 11.8. The van der Waals surface area contributed by atoms with Gasteiger partial charge < -0.3 is 10.2 Å². The lowest BCUT2D eigenvalue weighted by molar-refractivity contribution is -0.119. The molecule has 1 aliphatic heterocycles. The summed E-state index contributed by atoms with van der Waals surface area (Å²) < 4.78 is 0. The van der Waals surface area contributed by atoms with E-state index in [1.807, 2.05) is 19.2 Å². The van der Waals surface area contributed by atoms with Crippen LogP contribution in [0.3, 0.4) is 0 Å². The van der Waals surface area contributed by atoms with Crippen molar-refractivity contribution in [2.24, 2.45) is 5.41 Å². The average Bonchev–Trinajstić information content (AvgIpc) is 3.22. The first-order valence-electron chi connectivity index (χ1n) is 7.24. The summed E-state index contributed by atoms with van der Waals surface area (Å²) in [5, 5.41) is 3.63. The Morgan fingerprint density at radius 1 is 1.37 bits per heavy atom. The Labute approximate surface area is 115 Å². The van der Waals surface area contributed by atoms with Crippen LogP contribution >= 0.6 is 0 Å². The minimum atomic E-state index is 0.184. The van der Waals surface area contributed by atoms with E-state index in [4.69, 9.17) is 0 Å². The van der Waals surface area contributed by atoms with Crippen LogP contribution in [0.1, 0.15) is 44.2 Å². The fourth-order valence-corrected chi connectivity index (χ4v) is 3.00.